The predicted octanol–water partition coefficient (Wildman–Crippen LogP) is 2.82. The van der Waals surface area contributed by atoms with Gasteiger partial charge in [-0.1, -0.05) is 30.3 Å². The van der Waals surface area contributed by atoms with Gasteiger partial charge >= 0.3 is 0 Å². The molecule has 2 fully saturated rings. The Labute approximate surface area is 194 Å². The normalized spacial score (nSPS) is 20.2. The molecule has 1 aliphatic carbocycles. The molecular formula is C24H29N5O3S. The fourth-order valence-electron chi connectivity index (χ4n) is 4.42. The van der Waals surface area contributed by atoms with E-state index in [0.29, 0.717) is 18.9 Å². The second kappa shape index (κ2) is 8.55. The first kappa shape index (κ1) is 22.1. The molecule has 0 bridgehead atoms. The summed E-state index contributed by atoms with van der Waals surface area (Å²) in [4.78, 5) is 14.4. The van der Waals surface area contributed by atoms with Gasteiger partial charge in [-0.05, 0) is 37.0 Å². The molecule has 2 aliphatic rings. The Balaban J connectivity index is 1.30. The number of aromatic nitrogens is 2. The predicted molar refractivity (Wildman–Crippen MR) is 128 cm³/mol. The quantitative estimate of drug-likeness (QED) is 0.602. The van der Waals surface area contributed by atoms with E-state index in [9.17, 15) is 13.2 Å². The lowest BCUT2D eigenvalue weighted by molar-refractivity contribution is -0.117. The number of hydrogen-bond donors (Lipinski definition) is 1. The van der Waals surface area contributed by atoms with Crippen LogP contribution in [0.15, 0.2) is 48.7 Å². The Morgan fingerprint density at radius 1 is 1.15 bits per heavy atom. The van der Waals surface area contributed by atoms with Gasteiger partial charge < -0.3 is 5.32 Å². The number of hydrogen-bond acceptors (Lipinski definition) is 5. The zero-order valence-electron chi connectivity index (χ0n) is 18.9. The number of fused-ring (bicyclic) bond motifs is 1. The molecular weight excluding hydrogens is 438 g/mol. The maximum absolute atomic E-state index is 12.1. The van der Waals surface area contributed by atoms with Gasteiger partial charge in [0.2, 0.25) is 15.9 Å². The third-order valence-electron chi connectivity index (χ3n) is 6.55. The first-order valence-corrected chi connectivity index (χ1v) is 13.2. The number of piperazine rings is 1. The van der Waals surface area contributed by atoms with Crippen LogP contribution in [-0.4, -0.2) is 65.1 Å². The molecule has 1 N–H and O–H groups in total. The van der Waals surface area contributed by atoms with Crippen LogP contribution in [0.3, 0.4) is 0 Å². The van der Waals surface area contributed by atoms with Crippen LogP contribution >= 0.6 is 0 Å². The van der Waals surface area contributed by atoms with E-state index < -0.39 is 10.0 Å². The number of benzene rings is 1. The minimum Gasteiger partial charge on any atom is -0.309 e. The van der Waals surface area contributed by atoms with Gasteiger partial charge in [0.15, 0.2) is 5.82 Å². The molecule has 1 saturated carbocycles. The van der Waals surface area contributed by atoms with Crippen molar-refractivity contribution in [3.05, 3.63) is 54.2 Å². The number of rotatable bonds is 6. The third-order valence-corrected chi connectivity index (χ3v) is 7.82. The molecule has 1 aliphatic heterocycles. The highest BCUT2D eigenvalue weighted by molar-refractivity contribution is 7.88. The van der Waals surface area contributed by atoms with E-state index in [2.05, 4.69) is 52.6 Å². The summed E-state index contributed by atoms with van der Waals surface area (Å²) in [6.45, 7) is 4.64. The summed E-state index contributed by atoms with van der Waals surface area (Å²) in [5, 5.41) is 7.43. The topological polar surface area (TPSA) is 87.0 Å². The van der Waals surface area contributed by atoms with Crippen molar-refractivity contribution < 1.29 is 13.2 Å². The molecule has 8 nitrogen and oxygen atoms in total. The van der Waals surface area contributed by atoms with Crippen LogP contribution in [0.1, 0.15) is 25.3 Å². The van der Waals surface area contributed by atoms with Gasteiger partial charge in [-0.3, -0.25) is 9.69 Å². The van der Waals surface area contributed by atoms with E-state index in [-0.39, 0.29) is 17.9 Å². The van der Waals surface area contributed by atoms with Crippen molar-refractivity contribution in [1.82, 2.24) is 18.8 Å². The summed E-state index contributed by atoms with van der Waals surface area (Å²) in [5.74, 6) is 0.771. The van der Waals surface area contributed by atoms with E-state index in [4.69, 9.17) is 0 Å². The molecule has 0 radical (unpaired) electrons. The Bertz CT molecular complexity index is 1280. The first-order valence-electron chi connectivity index (χ1n) is 11.4. The summed E-state index contributed by atoms with van der Waals surface area (Å²) in [6, 6.07) is 14.6. The minimum atomic E-state index is -3.14. The highest BCUT2D eigenvalue weighted by Gasteiger charge is 2.30. The molecule has 33 heavy (non-hydrogen) atoms. The molecule has 1 aromatic carbocycles. The van der Waals surface area contributed by atoms with Crippen LogP contribution in [-0.2, 0) is 21.4 Å². The highest BCUT2D eigenvalue weighted by Crippen LogP contribution is 2.31. The number of carbonyl (C=O) groups is 1. The highest BCUT2D eigenvalue weighted by atomic mass is 32.2. The lowest BCUT2D eigenvalue weighted by Gasteiger charge is -2.38. The van der Waals surface area contributed by atoms with E-state index in [1.54, 1.807) is 8.82 Å². The molecule has 1 unspecified atom stereocenters. The first-order chi connectivity index (χ1) is 15.8. The monoisotopic (exact) mass is 467 g/mol. The summed E-state index contributed by atoms with van der Waals surface area (Å²) in [7, 11) is -3.14. The number of anilines is 1. The van der Waals surface area contributed by atoms with Crippen LogP contribution in [0.5, 0.6) is 0 Å². The molecule has 3 heterocycles. The standard InChI is InChI=1S/C24H29N5O3S/c1-17-15-28(33(2,31)32)13-12-27(17)16-18-5-7-19(8-6-18)21-4-3-11-29-22(21)14-23(26-29)25-24(30)20-9-10-20/h3-8,11,14,17,20H,9-10,12-13,15-16H2,1-2H3,(H,25,26,30). The Kier molecular flexibility index (Phi) is 5.72. The van der Waals surface area contributed by atoms with Gasteiger partial charge in [-0.15, -0.1) is 0 Å². The van der Waals surface area contributed by atoms with E-state index in [1.807, 2.05) is 18.3 Å². The van der Waals surface area contributed by atoms with Crippen molar-refractivity contribution in [1.29, 1.82) is 0 Å². The average Bonchev–Trinajstić information content (AvgIpc) is 3.55. The largest absolute Gasteiger partial charge is 0.309 e. The SMILES string of the molecule is CC1CN(S(C)(=O)=O)CCN1Cc1ccc(-c2cccn3nc(NC(=O)C4CC4)cc23)cc1. The molecule has 1 atom stereocenters. The summed E-state index contributed by atoms with van der Waals surface area (Å²) in [6.07, 6.45) is 5.09. The van der Waals surface area contributed by atoms with Crippen LogP contribution in [0, 0.1) is 5.92 Å². The van der Waals surface area contributed by atoms with Crippen molar-refractivity contribution in [2.24, 2.45) is 5.92 Å². The van der Waals surface area contributed by atoms with Gasteiger partial charge in [-0.2, -0.15) is 9.40 Å². The van der Waals surface area contributed by atoms with Crippen LogP contribution in [0.2, 0.25) is 0 Å². The van der Waals surface area contributed by atoms with Crippen molar-refractivity contribution >= 4 is 27.3 Å². The number of amides is 1. The van der Waals surface area contributed by atoms with Crippen molar-refractivity contribution in [2.45, 2.75) is 32.4 Å². The third kappa shape index (κ3) is 4.80. The Hall–Kier alpha value is -2.75. The van der Waals surface area contributed by atoms with Crippen molar-refractivity contribution in [3.8, 4) is 11.1 Å². The van der Waals surface area contributed by atoms with Gasteiger partial charge in [0.1, 0.15) is 0 Å². The molecule has 2 aromatic heterocycles. The average molecular weight is 468 g/mol. The number of carbonyl (C=O) groups excluding carboxylic acids is 1. The van der Waals surface area contributed by atoms with Gasteiger partial charge in [0.25, 0.3) is 0 Å². The zero-order valence-corrected chi connectivity index (χ0v) is 19.8. The molecule has 9 heteroatoms. The van der Waals surface area contributed by atoms with Gasteiger partial charge in [0, 0.05) is 56.0 Å². The second-order valence-electron chi connectivity index (χ2n) is 9.18. The number of pyridine rings is 1. The van der Waals surface area contributed by atoms with Gasteiger partial charge in [0.05, 0.1) is 11.8 Å². The lowest BCUT2D eigenvalue weighted by atomic mass is 10.0. The van der Waals surface area contributed by atoms with Crippen LogP contribution < -0.4 is 5.32 Å². The van der Waals surface area contributed by atoms with E-state index in [0.717, 1.165) is 42.6 Å². The molecule has 3 aromatic rings. The lowest BCUT2D eigenvalue weighted by Crippen LogP contribution is -2.52. The van der Waals surface area contributed by atoms with Gasteiger partial charge in [-0.25, -0.2) is 12.9 Å². The molecule has 174 valence electrons. The summed E-state index contributed by atoms with van der Waals surface area (Å²) >= 11 is 0. The fourth-order valence-corrected chi connectivity index (χ4v) is 5.32. The number of nitrogens with one attached hydrogen (secondary N) is 1. The Morgan fingerprint density at radius 3 is 2.58 bits per heavy atom. The second-order valence-corrected chi connectivity index (χ2v) is 11.2. The molecule has 1 amide bonds. The smallest absolute Gasteiger partial charge is 0.228 e. The number of nitrogens with zero attached hydrogens (tertiary/aromatic N) is 4. The maximum Gasteiger partial charge on any atom is 0.228 e. The Morgan fingerprint density at radius 2 is 1.91 bits per heavy atom. The molecule has 5 rings (SSSR count). The molecule has 1 saturated heterocycles. The zero-order chi connectivity index (χ0) is 23.2. The minimum absolute atomic E-state index is 0.0518. The fraction of sp³-hybridized carbons (Fsp3) is 0.417. The van der Waals surface area contributed by atoms with E-state index >= 15 is 0 Å². The van der Waals surface area contributed by atoms with Crippen LogP contribution in [0.4, 0.5) is 5.82 Å². The van der Waals surface area contributed by atoms with Crippen molar-refractivity contribution in [2.75, 3.05) is 31.2 Å². The molecule has 0 spiro atoms. The summed E-state index contributed by atoms with van der Waals surface area (Å²) in [5.41, 5.74) is 4.27. The summed E-state index contributed by atoms with van der Waals surface area (Å²) < 4.78 is 27.0. The van der Waals surface area contributed by atoms with Crippen LogP contribution in [0.25, 0.3) is 16.6 Å². The number of sulfonamides is 1. The van der Waals surface area contributed by atoms with Crippen molar-refractivity contribution in [3.63, 3.8) is 0 Å². The maximum atomic E-state index is 12.1. The van der Waals surface area contributed by atoms with E-state index in [1.165, 1.54) is 11.8 Å².